The third-order valence-corrected chi connectivity index (χ3v) is 8.48. The van der Waals surface area contributed by atoms with E-state index in [-0.39, 0.29) is 5.91 Å². The molecule has 0 atom stereocenters. The van der Waals surface area contributed by atoms with Crippen LogP contribution in [0, 0.1) is 13.8 Å². The standard InChI is InChI=1S/C28H33N3O3S/c1-4-24-9-5-7-22(3)27(24)29-28(32)25-10-6-8-23(19-25)20-30-15-17-31(18-16-30)35(33,34)26-13-11-21(2)12-14-26/h5-14,19H,4,15-18,20H2,1-3H3,(H,29,32). The molecule has 1 saturated heterocycles. The molecule has 1 aliphatic heterocycles. The van der Waals surface area contributed by atoms with Gasteiger partial charge in [0.05, 0.1) is 4.90 Å². The molecule has 184 valence electrons. The average molecular weight is 492 g/mol. The van der Waals surface area contributed by atoms with E-state index in [1.54, 1.807) is 16.4 Å². The Morgan fingerprint density at radius 2 is 1.60 bits per heavy atom. The van der Waals surface area contributed by atoms with Crippen LogP contribution in [0.15, 0.2) is 71.6 Å². The first-order valence-electron chi connectivity index (χ1n) is 12.1. The van der Waals surface area contributed by atoms with Gasteiger partial charge in [-0.05, 0) is 61.2 Å². The van der Waals surface area contributed by atoms with Gasteiger partial charge in [-0.3, -0.25) is 9.69 Å². The predicted molar refractivity (Wildman–Crippen MR) is 140 cm³/mol. The second kappa shape index (κ2) is 10.7. The lowest BCUT2D eigenvalue weighted by Gasteiger charge is -2.34. The van der Waals surface area contributed by atoms with Crippen molar-refractivity contribution >= 4 is 21.6 Å². The molecule has 0 aromatic heterocycles. The molecule has 0 bridgehead atoms. The van der Waals surface area contributed by atoms with E-state index < -0.39 is 10.0 Å². The van der Waals surface area contributed by atoms with Crippen LogP contribution in [0.2, 0.25) is 0 Å². The zero-order chi connectivity index (χ0) is 25.0. The summed E-state index contributed by atoms with van der Waals surface area (Å²) in [7, 11) is -3.48. The number of anilines is 1. The van der Waals surface area contributed by atoms with Crippen LogP contribution >= 0.6 is 0 Å². The van der Waals surface area contributed by atoms with Crippen molar-refractivity contribution in [2.24, 2.45) is 0 Å². The number of piperazine rings is 1. The summed E-state index contributed by atoms with van der Waals surface area (Å²) >= 11 is 0. The van der Waals surface area contributed by atoms with E-state index in [1.807, 2.05) is 68.4 Å². The Morgan fingerprint density at radius 1 is 0.914 bits per heavy atom. The van der Waals surface area contributed by atoms with E-state index in [0.717, 1.165) is 34.4 Å². The summed E-state index contributed by atoms with van der Waals surface area (Å²) in [4.78, 5) is 15.6. The summed E-state index contributed by atoms with van der Waals surface area (Å²) in [5.74, 6) is -0.120. The molecule has 0 aliphatic carbocycles. The van der Waals surface area contributed by atoms with Crippen LogP contribution in [0.3, 0.4) is 0 Å². The molecule has 0 spiro atoms. The number of rotatable bonds is 7. The van der Waals surface area contributed by atoms with E-state index in [0.29, 0.717) is 43.2 Å². The monoisotopic (exact) mass is 491 g/mol. The second-order valence-electron chi connectivity index (χ2n) is 9.11. The van der Waals surface area contributed by atoms with Gasteiger partial charge in [-0.1, -0.05) is 55.0 Å². The second-order valence-corrected chi connectivity index (χ2v) is 11.0. The highest BCUT2D eigenvalue weighted by molar-refractivity contribution is 7.89. The smallest absolute Gasteiger partial charge is 0.255 e. The Hall–Kier alpha value is -3.00. The van der Waals surface area contributed by atoms with Gasteiger partial charge in [0, 0.05) is 44.0 Å². The van der Waals surface area contributed by atoms with Gasteiger partial charge >= 0.3 is 0 Å². The highest BCUT2D eigenvalue weighted by Gasteiger charge is 2.28. The van der Waals surface area contributed by atoms with Crippen LogP contribution in [-0.4, -0.2) is 49.7 Å². The number of sulfonamides is 1. The zero-order valence-corrected chi connectivity index (χ0v) is 21.4. The van der Waals surface area contributed by atoms with Crippen LogP contribution in [0.1, 0.15) is 39.5 Å². The van der Waals surface area contributed by atoms with Gasteiger partial charge in [-0.15, -0.1) is 0 Å². The minimum Gasteiger partial charge on any atom is -0.321 e. The number of benzene rings is 3. The van der Waals surface area contributed by atoms with Gasteiger partial charge in [0.15, 0.2) is 0 Å². The Bertz CT molecular complexity index is 1300. The molecule has 1 N–H and O–H groups in total. The number of nitrogens with one attached hydrogen (secondary N) is 1. The van der Waals surface area contributed by atoms with E-state index in [2.05, 4.69) is 17.1 Å². The number of carbonyl (C=O) groups excluding carboxylic acids is 1. The predicted octanol–water partition coefficient (Wildman–Crippen LogP) is 4.62. The zero-order valence-electron chi connectivity index (χ0n) is 20.6. The van der Waals surface area contributed by atoms with Gasteiger partial charge in [0.2, 0.25) is 10.0 Å². The lowest BCUT2D eigenvalue weighted by atomic mass is 10.0. The summed E-state index contributed by atoms with van der Waals surface area (Å²) in [6, 6.07) is 20.7. The number of aryl methyl sites for hydroxylation is 3. The normalized spacial score (nSPS) is 15.2. The molecule has 0 radical (unpaired) electrons. The maximum atomic E-state index is 13.0. The maximum absolute atomic E-state index is 13.0. The maximum Gasteiger partial charge on any atom is 0.255 e. The highest BCUT2D eigenvalue weighted by Crippen LogP contribution is 2.23. The Labute approximate surface area is 208 Å². The summed E-state index contributed by atoms with van der Waals surface area (Å²) in [5, 5.41) is 3.09. The van der Waals surface area contributed by atoms with E-state index in [9.17, 15) is 13.2 Å². The first kappa shape index (κ1) is 25.1. The van der Waals surface area contributed by atoms with Crippen molar-refractivity contribution in [2.45, 2.75) is 38.6 Å². The van der Waals surface area contributed by atoms with Crippen LogP contribution in [0.25, 0.3) is 0 Å². The lowest BCUT2D eigenvalue weighted by Crippen LogP contribution is -2.48. The van der Waals surface area contributed by atoms with E-state index >= 15 is 0 Å². The molecule has 0 saturated carbocycles. The molecule has 1 amide bonds. The van der Waals surface area contributed by atoms with Crippen LogP contribution < -0.4 is 5.32 Å². The molecule has 0 unspecified atom stereocenters. The summed E-state index contributed by atoms with van der Waals surface area (Å²) < 4.78 is 27.5. The van der Waals surface area contributed by atoms with Gasteiger partial charge in [-0.2, -0.15) is 4.31 Å². The van der Waals surface area contributed by atoms with Crippen LogP contribution in [-0.2, 0) is 23.0 Å². The largest absolute Gasteiger partial charge is 0.321 e. The van der Waals surface area contributed by atoms with Crippen molar-refractivity contribution in [3.8, 4) is 0 Å². The van der Waals surface area contributed by atoms with Crippen molar-refractivity contribution in [1.29, 1.82) is 0 Å². The SMILES string of the molecule is CCc1cccc(C)c1NC(=O)c1cccc(CN2CCN(S(=O)(=O)c3ccc(C)cc3)CC2)c1. The van der Waals surface area contributed by atoms with Gasteiger partial charge in [0.25, 0.3) is 5.91 Å². The molecular weight excluding hydrogens is 458 g/mol. The minimum absolute atomic E-state index is 0.120. The fourth-order valence-electron chi connectivity index (χ4n) is 4.44. The molecule has 6 nitrogen and oxygen atoms in total. The van der Waals surface area contributed by atoms with Crippen molar-refractivity contribution in [3.63, 3.8) is 0 Å². The first-order chi connectivity index (χ1) is 16.8. The fraction of sp³-hybridized carbons (Fsp3) is 0.321. The quantitative estimate of drug-likeness (QED) is 0.523. The minimum atomic E-state index is -3.48. The third-order valence-electron chi connectivity index (χ3n) is 6.56. The Balaban J connectivity index is 1.38. The van der Waals surface area contributed by atoms with E-state index in [1.165, 1.54) is 0 Å². The summed E-state index contributed by atoms with van der Waals surface area (Å²) in [5.41, 5.74) is 5.74. The van der Waals surface area contributed by atoms with Gasteiger partial charge in [0.1, 0.15) is 0 Å². The van der Waals surface area contributed by atoms with Gasteiger partial charge in [-0.25, -0.2) is 8.42 Å². The molecule has 1 heterocycles. The summed E-state index contributed by atoms with van der Waals surface area (Å²) in [6.45, 7) is 8.88. The first-order valence-corrected chi connectivity index (χ1v) is 13.5. The van der Waals surface area contributed by atoms with Crippen molar-refractivity contribution in [2.75, 3.05) is 31.5 Å². The molecule has 3 aromatic carbocycles. The van der Waals surface area contributed by atoms with Crippen LogP contribution in [0.5, 0.6) is 0 Å². The number of para-hydroxylation sites is 1. The summed E-state index contributed by atoms with van der Waals surface area (Å²) in [6.07, 6.45) is 0.850. The average Bonchev–Trinajstić information content (AvgIpc) is 2.86. The number of nitrogens with zero attached hydrogens (tertiary/aromatic N) is 2. The Kier molecular flexibility index (Phi) is 7.69. The Morgan fingerprint density at radius 3 is 2.29 bits per heavy atom. The number of amides is 1. The van der Waals surface area contributed by atoms with Crippen LogP contribution in [0.4, 0.5) is 5.69 Å². The highest BCUT2D eigenvalue weighted by atomic mass is 32.2. The number of carbonyl (C=O) groups is 1. The molecule has 3 aromatic rings. The van der Waals surface area contributed by atoms with Crippen molar-refractivity contribution in [3.05, 3.63) is 94.5 Å². The molecule has 1 fully saturated rings. The van der Waals surface area contributed by atoms with Crippen molar-refractivity contribution < 1.29 is 13.2 Å². The van der Waals surface area contributed by atoms with Gasteiger partial charge < -0.3 is 5.32 Å². The molecular formula is C28H33N3O3S. The topological polar surface area (TPSA) is 69.7 Å². The lowest BCUT2D eigenvalue weighted by molar-refractivity contribution is 0.102. The number of hydrogen-bond acceptors (Lipinski definition) is 4. The van der Waals surface area contributed by atoms with Crippen molar-refractivity contribution in [1.82, 2.24) is 9.21 Å². The fourth-order valence-corrected chi connectivity index (χ4v) is 5.87. The molecule has 1 aliphatic rings. The molecule has 7 heteroatoms. The molecule has 4 rings (SSSR count). The third kappa shape index (κ3) is 5.81. The molecule has 35 heavy (non-hydrogen) atoms. The number of hydrogen-bond donors (Lipinski definition) is 1. The van der Waals surface area contributed by atoms with E-state index in [4.69, 9.17) is 0 Å².